The highest BCUT2D eigenvalue weighted by Crippen LogP contribution is 2.41. The molecule has 0 bridgehead atoms. The predicted molar refractivity (Wildman–Crippen MR) is 110 cm³/mol. The standard InChI is InChI=1S/C21H18F4O9S/c22-20(23,21(24,25)35(29,30)31)7-3-8-32-17(26)14-10-12-4-1-2-5-13(12)11-15(14)18(27)34-16-6-9-33-19(16)28/h1-2,4-5,10-11,16H,3,6-9H2,(H,29,30,31). The number of halogens is 4. The minimum Gasteiger partial charge on any atom is -0.463 e. The van der Waals surface area contributed by atoms with Crippen molar-refractivity contribution in [3.8, 4) is 0 Å². The van der Waals surface area contributed by atoms with E-state index in [1.165, 1.54) is 12.1 Å². The highest BCUT2D eigenvalue weighted by molar-refractivity contribution is 7.87. The van der Waals surface area contributed by atoms with E-state index in [4.69, 9.17) is 18.8 Å². The molecule has 1 atom stereocenters. The summed E-state index contributed by atoms with van der Waals surface area (Å²) in [6.45, 7) is -0.795. The first-order valence-corrected chi connectivity index (χ1v) is 11.5. The van der Waals surface area contributed by atoms with Gasteiger partial charge in [-0.1, -0.05) is 24.3 Å². The number of fused-ring (bicyclic) bond motifs is 1. The molecule has 190 valence electrons. The predicted octanol–water partition coefficient (Wildman–Crippen LogP) is 3.37. The van der Waals surface area contributed by atoms with E-state index in [1.54, 1.807) is 24.3 Å². The lowest BCUT2D eigenvalue weighted by atomic mass is 10.0. The van der Waals surface area contributed by atoms with Gasteiger partial charge in [0.2, 0.25) is 6.10 Å². The van der Waals surface area contributed by atoms with Gasteiger partial charge in [0.25, 0.3) is 0 Å². The maximum atomic E-state index is 13.6. The molecule has 1 unspecified atom stereocenters. The molecule has 14 heteroatoms. The van der Waals surface area contributed by atoms with Crippen LogP contribution in [0.3, 0.4) is 0 Å². The number of rotatable bonds is 9. The Labute approximate surface area is 195 Å². The van der Waals surface area contributed by atoms with E-state index in [0.29, 0.717) is 10.8 Å². The second-order valence-corrected chi connectivity index (χ2v) is 8.99. The third kappa shape index (κ3) is 5.53. The molecular formula is C21H18F4O9S. The van der Waals surface area contributed by atoms with E-state index < -0.39 is 64.8 Å². The number of hydrogen-bond donors (Lipinski definition) is 1. The lowest BCUT2D eigenvalue weighted by molar-refractivity contribution is -0.165. The molecule has 1 saturated heterocycles. The molecule has 2 aromatic carbocycles. The average molecular weight is 522 g/mol. The molecule has 3 rings (SSSR count). The zero-order valence-corrected chi connectivity index (χ0v) is 18.5. The van der Waals surface area contributed by atoms with E-state index in [1.807, 2.05) is 0 Å². The van der Waals surface area contributed by atoms with E-state index in [0.717, 1.165) is 0 Å². The van der Waals surface area contributed by atoms with Crippen LogP contribution in [0.15, 0.2) is 36.4 Å². The van der Waals surface area contributed by atoms with Crippen LogP contribution in [0, 0.1) is 0 Å². The highest BCUT2D eigenvalue weighted by Gasteiger charge is 2.64. The number of carbonyl (C=O) groups excluding carboxylic acids is 3. The fourth-order valence-electron chi connectivity index (χ4n) is 3.23. The number of ether oxygens (including phenoxy) is 3. The Hall–Kier alpha value is -3.26. The molecule has 0 amide bonds. The van der Waals surface area contributed by atoms with Gasteiger partial charge in [-0.15, -0.1) is 0 Å². The first-order chi connectivity index (χ1) is 16.2. The molecule has 1 aliphatic rings. The Balaban J connectivity index is 1.75. The summed E-state index contributed by atoms with van der Waals surface area (Å²) in [6.07, 6.45) is -3.70. The molecule has 0 spiro atoms. The number of esters is 3. The van der Waals surface area contributed by atoms with Crippen molar-refractivity contribution in [1.29, 1.82) is 0 Å². The van der Waals surface area contributed by atoms with E-state index in [-0.39, 0.29) is 24.2 Å². The van der Waals surface area contributed by atoms with Gasteiger partial charge >= 0.3 is 39.2 Å². The van der Waals surface area contributed by atoms with Crippen molar-refractivity contribution in [3.05, 3.63) is 47.5 Å². The molecule has 1 fully saturated rings. The van der Waals surface area contributed by atoms with Crippen molar-refractivity contribution in [3.63, 3.8) is 0 Å². The molecule has 0 saturated carbocycles. The third-order valence-electron chi connectivity index (χ3n) is 5.08. The molecule has 0 aromatic heterocycles. The number of cyclic esters (lactones) is 1. The summed E-state index contributed by atoms with van der Waals surface area (Å²) >= 11 is 0. The van der Waals surface area contributed by atoms with Crippen LogP contribution in [0.1, 0.15) is 40.0 Å². The molecule has 1 heterocycles. The van der Waals surface area contributed by atoms with Crippen molar-refractivity contribution in [2.75, 3.05) is 13.2 Å². The maximum absolute atomic E-state index is 13.6. The van der Waals surface area contributed by atoms with Crippen LogP contribution >= 0.6 is 0 Å². The van der Waals surface area contributed by atoms with Crippen molar-refractivity contribution >= 4 is 38.8 Å². The fraction of sp³-hybridized carbons (Fsp3) is 0.381. The van der Waals surface area contributed by atoms with Crippen molar-refractivity contribution < 1.29 is 59.1 Å². The van der Waals surface area contributed by atoms with Crippen molar-refractivity contribution in [1.82, 2.24) is 0 Å². The molecule has 0 radical (unpaired) electrons. The topological polar surface area (TPSA) is 133 Å². The largest absolute Gasteiger partial charge is 0.463 e. The first kappa shape index (κ1) is 26.3. The Morgan fingerprint density at radius 3 is 2.14 bits per heavy atom. The van der Waals surface area contributed by atoms with E-state index in [9.17, 15) is 40.4 Å². The highest BCUT2D eigenvalue weighted by atomic mass is 32.2. The van der Waals surface area contributed by atoms with Gasteiger partial charge < -0.3 is 14.2 Å². The second kappa shape index (κ2) is 9.77. The third-order valence-corrected chi connectivity index (χ3v) is 6.03. The summed E-state index contributed by atoms with van der Waals surface area (Å²) in [6, 6.07) is 9.10. The van der Waals surface area contributed by atoms with Crippen LogP contribution in [0.2, 0.25) is 0 Å². The van der Waals surface area contributed by atoms with Crippen molar-refractivity contribution in [2.45, 2.75) is 36.5 Å². The lowest BCUT2D eigenvalue weighted by Crippen LogP contribution is -2.46. The number of benzene rings is 2. The van der Waals surface area contributed by atoms with E-state index >= 15 is 0 Å². The maximum Gasteiger partial charge on any atom is 0.431 e. The number of alkyl halides is 4. The molecule has 9 nitrogen and oxygen atoms in total. The Bertz CT molecular complexity index is 1260. The SMILES string of the molecule is O=C(OCCCC(F)(F)C(F)(F)S(=O)(=O)O)c1cc2ccccc2cc1C(=O)OC1CCOC1=O. The fourth-order valence-corrected chi connectivity index (χ4v) is 3.71. The van der Waals surface area contributed by atoms with Gasteiger partial charge in [-0.2, -0.15) is 26.0 Å². The van der Waals surface area contributed by atoms with Crippen LogP contribution in [-0.4, -0.2) is 61.4 Å². The minimum atomic E-state index is -6.38. The summed E-state index contributed by atoms with van der Waals surface area (Å²) in [5.41, 5.74) is -0.633. The molecular weight excluding hydrogens is 504 g/mol. The monoisotopic (exact) mass is 522 g/mol. The van der Waals surface area contributed by atoms with Crippen LogP contribution in [0.4, 0.5) is 17.6 Å². The van der Waals surface area contributed by atoms with Crippen LogP contribution in [-0.2, 0) is 29.1 Å². The number of carbonyl (C=O) groups is 3. The van der Waals surface area contributed by atoms with Gasteiger partial charge in [0.1, 0.15) is 0 Å². The normalized spacial score (nSPS) is 16.7. The Morgan fingerprint density at radius 1 is 1.06 bits per heavy atom. The smallest absolute Gasteiger partial charge is 0.431 e. The van der Waals surface area contributed by atoms with Crippen LogP contribution < -0.4 is 0 Å². The summed E-state index contributed by atoms with van der Waals surface area (Å²) in [5.74, 6) is -8.13. The van der Waals surface area contributed by atoms with Gasteiger partial charge in [0.05, 0.1) is 24.3 Å². The van der Waals surface area contributed by atoms with Gasteiger partial charge in [-0.3, -0.25) is 4.55 Å². The lowest BCUT2D eigenvalue weighted by Gasteiger charge is -2.23. The van der Waals surface area contributed by atoms with Gasteiger partial charge in [0.15, 0.2) is 0 Å². The average Bonchev–Trinajstić information content (AvgIpc) is 3.18. The molecule has 1 N–H and O–H groups in total. The van der Waals surface area contributed by atoms with Gasteiger partial charge in [-0.05, 0) is 29.3 Å². The zero-order valence-electron chi connectivity index (χ0n) is 17.7. The van der Waals surface area contributed by atoms with Gasteiger partial charge in [0, 0.05) is 12.8 Å². The molecule has 0 aliphatic carbocycles. The second-order valence-electron chi connectivity index (χ2n) is 7.53. The van der Waals surface area contributed by atoms with Crippen molar-refractivity contribution in [2.24, 2.45) is 0 Å². The first-order valence-electron chi connectivity index (χ1n) is 10.0. The summed E-state index contributed by atoms with van der Waals surface area (Å²) in [7, 11) is -6.38. The summed E-state index contributed by atoms with van der Waals surface area (Å²) in [5, 5.41) is -4.71. The summed E-state index contributed by atoms with van der Waals surface area (Å²) < 4.78 is 97.8. The molecule has 1 aliphatic heterocycles. The van der Waals surface area contributed by atoms with Crippen LogP contribution in [0.5, 0.6) is 0 Å². The number of hydrogen-bond acceptors (Lipinski definition) is 8. The Kier molecular flexibility index (Phi) is 7.36. The van der Waals surface area contributed by atoms with Gasteiger partial charge in [-0.25, -0.2) is 14.4 Å². The zero-order chi connectivity index (χ0) is 26.0. The van der Waals surface area contributed by atoms with E-state index in [2.05, 4.69) is 0 Å². The summed E-state index contributed by atoms with van der Waals surface area (Å²) in [4.78, 5) is 36.9. The molecule has 35 heavy (non-hydrogen) atoms. The quantitative estimate of drug-likeness (QED) is 0.173. The molecule has 2 aromatic rings. The van der Waals surface area contributed by atoms with Crippen LogP contribution in [0.25, 0.3) is 10.8 Å². The minimum absolute atomic E-state index is 0.0463. The Morgan fingerprint density at radius 2 is 1.63 bits per heavy atom.